The van der Waals surface area contributed by atoms with Crippen molar-refractivity contribution in [3.63, 3.8) is 0 Å². The minimum Gasteiger partial charge on any atom is -0.493 e. The Hall–Kier alpha value is -2.82. The number of para-hydroxylation sites is 1. The summed E-state index contributed by atoms with van der Waals surface area (Å²) in [5.41, 5.74) is 2.60. The van der Waals surface area contributed by atoms with Gasteiger partial charge in [-0.25, -0.2) is 0 Å². The summed E-state index contributed by atoms with van der Waals surface area (Å²) in [5, 5.41) is 5.62. The Labute approximate surface area is 147 Å². The zero-order chi connectivity index (χ0) is 17.6. The van der Waals surface area contributed by atoms with Crippen molar-refractivity contribution < 1.29 is 14.3 Å². The molecule has 0 bridgehead atoms. The number of benzene rings is 2. The van der Waals surface area contributed by atoms with E-state index in [0.29, 0.717) is 31.6 Å². The van der Waals surface area contributed by atoms with Crippen LogP contribution >= 0.6 is 0 Å². The molecule has 1 heterocycles. The second-order valence-electron chi connectivity index (χ2n) is 6.05. The van der Waals surface area contributed by atoms with Gasteiger partial charge in [0.1, 0.15) is 5.75 Å². The molecular weight excluding hydrogens is 316 g/mol. The maximum Gasteiger partial charge on any atom is 0.251 e. The lowest BCUT2D eigenvalue weighted by atomic mass is 9.92. The zero-order valence-electron chi connectivity index (χ0n) is 14.2. The van der Waals surface area contributed by atoms with Crippen LogP contribution in [0.2, 0.25) is 0 Å². The molecule has 0 unspecified atom stereocenters. The van der Waals surface area contributed by atoms with Crippen LogP contribution in [0.5, 0.6) is 5.75 Å². The van der Waals surface area contributed by atoms with Crippen LogP contribution in [0, 0.1) is 0 Å². The van der Waals surface area contributed by atoms with Crippen molar-refractivity contribution in [1.29, 1.82) is 0 Å². The Morgan fingerprint density at radius 2 is 2.00 bits per heavy atom. The second-order valence-corrected chi connectivity index (χ2v) is 6.05. The molecule has 2 N–H and O–H groups in total. The van der Waals surface area contributed by atoms with Crippen LogP contribution in [0.1, 0.15) is 33.8 Å². The number of amides is 2. The maximum atomic E-state index is 12.5. The molecule has 0 saturated carbocycles. The van der Waals surface area contributed by atoms with Crippen LogP contribution in [0.25, 0.3) is 0 Å². The fourth-order valence-corrected chi connectivity index (χ4v) is 3.08. The molecule has 0 fully saturated rings. The van der Waals surface area contributed by atoms with Crippen molar-refractivity contribution in [1.82, 2.24) is 10.6 Å². The fourth-order valence-electron chi connectivity index (χ4n) is 3.08. The highest BCUT2D eigenvalue weighted by Gasteiger charge is 2.26. The van der Waals surface area contributed by atoms with E-state index in [1.165, 1.54) is 0 Å². The molecule has 2 amide bonds. The second kappa shape index (κ2) is 7.83. The van der Waals surface area contributed by atoms with Gasteiger partial charge in [0.25, 0.3) is 5.91 Å². The largest absolute Gasteiger partial charge is 0.493 e. The number of hydrogen-bond donors (Lipinski definition) is 2. The normalized spacial score (nSPS) is 15.6. The third-order valence-corrected chi connectivity index (χ3v) is 4.40. The van der Waals surface area contributed by atoms with Gasteiger partial charge in [-0.2, -0.15) is 0 Å². The van der Waals surface area contributed by atoms with Gasteiger partial charge in [-0.05, 0) is 36.6 Å². The van der Waals surface area contributed by atoms with Crippen molar-refractivity contribution >= 4 is 11.8 Å². The molecule has 2 aromatic carbocycles. The molecule has 5 nitrogen and oxygen atoms in total. The highest BCUT2D eigenvalue weighted by atomic mass is 16.5. The topological polar surface area (TPSA) is 67.4 Å². The van der Waals surface area contributed by atoms with Gasteiger partial charge in [0.05, 0.1) is 12.5 Å². The van der Waals surface area contributed by atoms with E-state index in [9.17, 15) is 9.59 Å². The standard InChI is InChI=1S/C20H22N2O3/c1-21-19(23)15-6-4-5-14(13-15)9-11-22-20(24)17-10-12-25-18-8-3-2-7-16(17)18/h2-8,13,17H,9-12H2,1H3,(H,21,23)(H,22,24)/t17-/m0/s1. The Morgan fingerprint density at radius 3 is 2.84 bits per heavy atom. The van der Waals surface area contributed by atoms with Crippen LogP contribution in [-0.4, -0.2) is 32.0 Å². The number of fused-ring (bicyclic) bond motifs is 1. The molecule has 0 saturated heterocycles. The van der Waals surface area contributed by atoms with Gasteiger partial charge in [0.15, 0.2) is 0 Å². The molecule has 0 spiro atoms. The molecule has 0 aromatic heterocycles. The van der Waals surface area contributed by atoms with Crippen LogP contribution in [0.4, 0.5) is 0 Å². The molecule has 1 aliphatic heterocycles. The first kappa shape index (κ1) is 17.0. The molecule has 3 rings (SSSR count). The molecule has 0 radical (unpaired) electrons. The quantitative estimate of drug-likeness (QED) is 0.879. The van der Waals surface area contributed by atoms with Gasteiger partial charge >= 0.3 is 0 Å². The smallest absolute Gasteiger partial charge is 0.251 e. The van der Waals surface area contributed by atoms with Crippen molar-refractivity contribution in [2.24, 2.45) is 0 Å². The molecular formula is C20H22N2O3. The number of carbonyl (C=O) groups is 2. The summed E-state index contributed by atoms with van der Waals surface area (Å²) in [5.74, 6) is 0.553. The average Bonchev–Trinajstić information content (AvgIpc) is 2.67. The van der Waals surface area contributed by atoms with Crippen molar-refractivity contribution in [3.05, 3.63) is 65.2 Å². The van der Waals surface area contributed by atoms with E-state index < -0.39 is 0 Å². The Balaban J connectivity index is 1.58. The molecule has 25 heavy (non-hydrogen) atoms. The van der Waals surface area contributed by atoms with E-state index in [2.05, 4.69) is 10.6 Å². The predicted molar refractivity (Wildman–Crippen MR) is 95.8 cm³/mol. The first-order valence-electron chi connectivity index (χ1n) is 8.49. The van der Waals surface area contributed by atoms with E-state index >= 15 is 0 Å². The Morgan fingerprint density at radius 1 is 1.16 bits per heavy atom. The number of rotatable bonds is 5. The minimum atomic E-state index is -0.165. The van der Waals surface area contributed by atoms with Crippen molar-refractivity contribution in [2.75, 3.05) is 20.2 Å². The first-order valence-corrected chi connectivity index (χ1v) is 8.49. The highest BCUT2D eigenvalue weighted by Crippen LogP contribution is 2.33. The predicted octanol–water partition coefficient (Wildman–Crippen LogP) is 2.27. The molecule has 1 atom stereocenters. The lowest BCUT2D eigenvalue weighted by molar-refractivity contribution is -0.123. The first-order chi connectivity index (χ1) is 12.2. The average molecular weight is 338 g/mol. The lowest BCUT2D eigenvalue weighted by Gasteiger charge is -2.25. The summed E-state index contributed by atoms with van der Waals surface area (Å²) in [6, 6.07) is 15.1. The molecule has 5 heteroatoms. The van der Waals surface area contributed by atoms with E-state index in [0.717, 1.165) is 16.9 Å². The van der Waals surface area contributed by atoms with E-state index in [1.807, 2.05) is 42.5 Å². The van der Waals surface area contributed by atoms with Gasteiger partial charge in [0, 0.05) is 24.7 Å². The van der Waals surface area contributed by atoms with E-state index in [4.69, 9.17) is 4.74 Å². The highest BCUT2D eigenvalue weighted by molar-refractivity contribution is 5.94. The molecule has 0 aliphatic carbocycles. The number of carbonyl (C=O) groups excluding carboxylic acids is 2. The van der Waals surface area contributed by atoms with Crippen LogP contribution < -0.4 is 15.4 Å². The SMILES string of the molecule is CNC(=O)c1cccc(CCNC(=O)[C@H]2CCOc3ccccc32)c1. The van der Waals surface area contributed by atoms with E-state index in [1.54, 1.807) is 13.1 Å². The lowest BCUT2D eigenvalue weighted by Crippen LogP contribution is -2.33. The summed E-state index contributed by atoms with van der Waals surface area (Å²) in [4.78, 5) is 24.2. The van der Waals surface area contributed by atoms with Crippen molar-refractivity contribution in [3.8, 4) is 5.75 Å². The number of hydrogen-bond acceptors (Lipinski definition) is 3. The third-order valence-electron chi connectivity index (χ3n) is 4.40. The zero-order valence-corrected chi connectivity index (χ0v) is 14.2. The fraction of sp³-hybridized carbons (Fsp3) is 0.300. The number of ether oxygens (including phenoxy) is 1. The molecule has 130 valence electrons. The summed E-state index contributed by atoms with van der Waals surface area (Å²) in [7, 11) is 1.61. The van der Waals surface area contributed by atoms with Crippen LogP contribution in [0.3, 0.4) is 0 Å². The van der Waals surface area contributed by atoms with Gasteiger partial charge in [-0.3, -0.25) is 9.59 Å². The van der Waals surface area contributed by atoms with Gasteiger partial charge in [0.2, 0.25) is 5.91 Å². The molecule has 1 aliphatic rings. The molecule has 2 aromatic rings. The van der Waals surface area contributed by atoms with Crippen LogP contribution in [0.15, 0.2) is 48.5 Å². The maximum absolute atomic E-state index is 12.5. The summed E-state index contributed by atoms with van der Waals surface area (Å²) >= 11 is 0. The summed E-state index contributed by atoms with van der Waals surface area (Å²) in [6.07, 6.45) is 1.37. The third kappa shape index (κ3) is 3.99. The Kier molecular flexibility index (Phi) is 5.33. The summed E-state index contributed by atoms with van der Waals surface area (Å²) in [6.45, 7) is 1.10. The number of nitrogens with one attached hydrogen (secondary N) is 2. The minimum absolute atomic E-state index is 0.0261. The van der Waals surface area contributed by atoms with Gasteiger partial charge in [-0.1, -0.05) is 30.3 Å². The monoisotopic (exact) mass is 338 g/mol. The Bertz CT molecular complexity index is 773. The van der Waals surface area contributed by atoms with Gasteiger partial charge in [-0.15, -0.1) is 0 Å². The van der Waals surface area contributed by atoms with E-state index in [-0.39, 0.29) is 17.7 Å². The summed E-state index contributed by atoms with van der Waals surface area (Å²) < 4.78 is 5.61. The van der Waals surface area contributed by atoms with Crippen molar-refractivity contribution in [2.45, 2.75) is 18.8 Å². The van der Waals surface area contributed by atoms with Crippen LogP contribution in [-0.2, 0) is 11.2 Å². The van der Waals surface area contributed by atoms with Gasteiger partial charge < -0.3 is 15.4 Å².